The molecule has 2 heteroatoms. The highest BCUT2D eigenvalue weighted by atomic mass is 16.3. The summed E-state index contributed by atoms with van der Waals surface area (Å²) in [5.41, 5.74) is -0.158. The van der Waals surface area contributed by atoms with Gasteiger partial charge in [0, 0.05) is 5.54 Å². The van der Waals surface area contributed by atoms with Gasteiger partial charge in [0.05, 0.1) is 6.10 Å². The van der Waals surface area contributed by atoms with Crippen molar-refractivity contribution >= 4 is 0 Å². The Kier molecular flexibility index (Phi) is 4.80. The van der Waals surface area contributed by atoms with Crippen LogP contribution < -0.4 is 5.32 Å². The highest BCUT2D eigenvalue weighted by Crippen LogP contribution is 2.08. The standard InChI is InChI=1S/C10H23NO/c1-8(2)6-7-11-10(4,5)9(3)12/h8-9,11-12H,6-7H2,1-5H3. The van der Waals surface area contributed by atoms with Gasteiger partial charge in [-0.25, -0.2) is 0 Å². The molecule has 12 heavy (non-hydrogen) atoms. The van der Waals surface area contributed by atoms with Crippen molar-refractivity contribution in [3.63, 3.8) is 0 Å². The van der Waals surface area contributed by atoms with Crippen LogP contribution in [0.5, 0.6) is 0 Å². The average molecular weight is 173 g/mol. The maximum atomic E-state index is 9.38. The normalized spacial score (nSPS) is 15.2. The lowest BCUT2D eigenvalue weighted by Gasteiger charge is -2.29. The quantitative estimate of drug-likeness (QED) is 0.664. The fourth-order valence-electron chi connectivity index (χ4n) is 0.831. The molecule has 0 rings (SSSR count). The Morgan fingerprint density at radius 3 is 2.08 bits per heavy atom. The summed E-state index contributed by atoms with van der Waals surface area (Å²) in [4.78, 5) is 0. The molecular weight excluding hydrogens is 150 g/mol. The molecule has 0 saturated carbocycles. The number of hydrogen-bond acceptors (Lipinski definition) is 2. The minimum Gasteiger partial charge on any atom is -0.392 e. The van der Waals surface area contributed by atoms with E-state index in [9.17, 15) is 5.11 Å². The van der Waals surface area contributed by atoms with Crippen LogP contribution in [0.1, 0.15) is 41.0 Å². The molecule has 0 aromatic carbocycles. The molecule has 0 aliphatic heterocycles. The van der Waals surface area contributed by atoms with Gasteiger partial charge in [-0.3, -0.25) is 0 Å². The topological polar surface area (TPSA) is 32.3 Å². The number of aliphatic hydroxyl groups excluding tert-OH is 1. The largest absolute Gasteiger partial charge is 0.392 e. The van der Waals surface area contributed by atoms with Crippen molar-refractivity contribution in [3.8, 4) is 0 Å². The highest BCUT2D eigenvalue weighted by Gasteiger charge is 2.22. The van der Waals surface area contributed by atoms with Gasteiger partial charge < -0.3 is 10.4 Å². The Bertz CT molecular complexity index is 119. The summed E-state index contributed by atoms with van der Waals surface area (Å²) in [6, 6.07) is 0. The van der Waals surface area contributed by atoms with Crippen LogP contribution in [0.2, 0.25) is 0 Å². The molecule has 0 aliphatic carbocycles. The average Bonchev–Trinajstić information content (AvgIpc) is 1.85. The molecule has 0 spiro atoms. The van der Waals surface area contributed by atoms with Crippen LogP contribution in [0.25, 0.3) is 0 Å². The van der Waals surface area contributed by atoms with Gasteiger partial charge in [0.1, 0.15) is 0 Å². The second kappa shape index (κ2) is 4.83. The van der Waals surface area contributed by atoms with E-state index in [-0.39, 0.29) is 11.6 Å². The first kappa shape index (κ1) is 11.9. The fraction of sp³-hybridized carbons (Fsp3) is 1.00. The van der Waals surface area contributed by atoms with E-state index in [1.807, 2.05) is 20.8 Å². The molecule has 0 fully saturated rings. The van der Waals surface area contributed by atoms with E-state index in [4.69, 9.17) is 0 Å². The van der Waals surface area contributed by atoms with Gasteiger partial charge in [0.2, 0.25) is 0 Å². The molecular formula is C10H23NO. The first-order valence-corrected chi connectivity index (χ1v) is 4.79. The van der Waals surface area contributed by atoms with E-state index in [0.29, 0.717) is 0 Å². The van der Waals surface area contributed by atoms with Gasteiger partial charge in [-0.05, 0) is 39.7 Å². The van der Waals surface area contributed by atoms with E-state index in [2.05, 4.69) is 19.2 Å². The maximum absolute atomic E-state index is 9.38. The summed E-state index contributed by atoms with van der Waals surface area (Å²) in [6.07, 6.45) is 0.862. The number of rotatable bonds is 5. The van der Waals surface area contributed by atoms with Gasteiger partial charge in [-0.1, -0.05) is 13.8 Å². The first-order valence-electron chi connectivity index (χ1n) is 4.79. The van der Waals surface area contributed by atoms with Crippen LogP contribution in [-0.2, 0) is 0 Å². The molecule has 0 bridgehead atoms. The molecule has 0 aromatic heterocycles. The predicted octanol–water partition coefficient (Wildman–Crippen LogP) is 1.78. The second-order valence-electron chi connectivity index (χ2n) is 4.51. The zero-order valence-electron chi connectivity index (χ0n) is 9.02. The van der Waals surface area contributed by atoms with Crippen LogP contribution in [0, 0.1) is 5.92 Å². The molecule has 0 amide bonds. The Morgan fingerprint density at radius 1 is 1.25 bits per heavy atom. The third-order valence-electron chi connectivity index (χ3n) is 2.35. The van der Waals surface area contributed by atoms with Crippen molar-refractivity contribution in [1.29, 1.82) is 0 Å². The van der Waals surface area contributed by atoms with E-state index in [1.165, 1.54) is 0 Å². The minimum atomic E-state index is -0.301. The molecule has 1 atom stereocenters. The van der Waals surface area contributed by atoms with Crippen molar-refractivity contribution in [1.82, 2.24) is 5.32 Å². The molecule has 0 aliphatic rings. The number of aliphatic hydroxyl groups is 1. The molecule has 2 nitrogen and oxygen atoms in total. The maximum Gasteiger partial charge on any atom is 0.0688 e. The summed E-state index contributed by atoms with van der Waals surface area (Å²) in [7, 11) is 0. The van der Waals surface area contributed by atoms with Gasteiger partial charge in [0.15, 0.2) is 0 Å². The van der Waals surface area contributed by atoms with Crippen LogP contribution in [0.15, 0.2) is 0 Å². The number of nitrogens with one attached hydrogen (secondary N) is 1. The Labute approximate surface area is 76.4 Å². The molecule has 0 heterocycles. The van der Waals surface area contributed by atoms with Crippen LogP contribution in [0.4, 0.5) is 0 Å². The summed E-state index contributed by atoms with van der Waals surface area (Å²) in [6.45, 7) is 11.3. The number of hydrogen-bond donors (Lipinski definition) is 2. The lowest BCUT2D eigenvalue weighted by atomic mass is 9.98. The Morgan fingerprint density at radius 2 is 1.75 bits per heavy atom. The van der Waals surface area contributed by atoms with Crippen LogP contribution >= 0.6 is 0 Å². The lowest BCUT2D eigenvalue weighted by Crippen LogP contribution is -2.48. The molecule has 2 N–H and O–H groups in total. The Balaban J connectivity index is 3.61. The first-order chi connectivity index (χ1) is 5.36. The molecule has 0 aromatic rings. The minimum absolute atomic E-state index is 0.158. The Hall–Kier alpha value is -0.0800. The third kappa shape index (κ3) is 4.73. The van der Waals surface area contributed by atoms with E-state index in [0.717, 1.165) is 18.9 Å². The zero-order chi connectivity index (χ0) is 9.78. The molecule has 1 unspecified atom stereocenters. The van der Waals surface area contributed by atoms with Gasteiger partial charge in [-0.2, -0.15) is 0 Å². The zero-order valence-corrected chi connectivity index (χ0v) is 9.02. The predicted molar refractivity (Wildman–Crippen MR) is 53.2 cm³/mol. The van der Waals surface area contributed by atoms with Gasteiger partial charge in [0.25, 0.3) is 0 Å². The lowest BCUT2D eigenvalue weighted by molar-refractivity contribution is 0.0960. The molecule has 74 valence electrons. The van der Waals surface area contributed by atoms with E-state index in [1.54, 1.807) is 0 Å². The van der Waals surface area contributed by atoms with Gasteiger partial charge in [-0.15, -0.1) is 0 Å². The van der Waals surface area contributed by atoms with Crippen molar-refractivity contribution in [2.75, 3.05) is 6.54 Å². The van der Waals surface area contributed by atoms with Crippen molar-refractivity contribution in [2.45, 2.75) is 52.7 Å². The van der Waals surface area contributed by atoms with Crippen molar-refractivity contribution < 1.29 is 5.11 Å². The summed E-state index contributed by atoms with van der Waals surface area (Å²) in [5, 5.41) is 12.7. The monoisotopic (exact) mass is 173 g/mol. The SMILES string of the molecule is CC(C)CCNC(C)(C)C(C)O. The molecule has 0 saturated heterocycles. The van der Waals surface area contributed by atoms with Gasteiger partial charge >= 0.3 is 0 Å². The summed E-state index contributed by atoms with van der Waals surface area (Å²) < 4.78 is 0. The fourth-order valence-corrected chi connectivity index (χ4v) is 0.831. The summed E-state index contributed by atoms with van der Waals surface area (Å²) in [5.74, 6) is 0.724. The van der Waals surface area contributed by atoms with E-state index < -0.39 is 0 Å². The smallest absolute Gasteiger partial charge is 0.0688 e. The van der Waals surface area contributed by atoms with E-state index >= 15 is 0 Å². The second-order valence-corrected chi connectivity index (χ2v) is 4.51. The third-order valence-corrected chi connectivity index (χ3v) is 2.35. The van der Waals surface area contributed by atoms with Crippen LogP contribution in [0.3, 0.4) is 0 Å². The van der Waals surface area contributed by atoms with Crippen LogP contribution in [-0.4, -0.2) is 23.3 Å². The summed E-state index contributed by atoms with van der Waals surface area (Å²) >= 11 is 0. The molecule has 0 radical (unpaired) electrons. The highest BCUT2D eigenvalue weighted by molar-refractivity contribution is 4.82. The van der Waals surface area contributed by atoms with Crippen molar-refractivity contribution in [3.05, 3.63) is 0 Å². The van der Waals surface area contributed by atoms with Crippen molar-refractivity contribution in [2.24, 2.45) is 5.92 Å².